The summed E-state index contributed by atoms with van der Waals surface area (Å²) in [7, 11) is 0. The van der Waals surface area contributed by atoms with Crippen LogP contribution in [0.1, 0.15) is 42.0 Å². The second-order valence-electron chi connectivity index (χ2n) is 6.87. The third-order valence-corrected chi connectivity index (χ3v) is 4.99. The molecule has 2 aliphatic rings. The molecule has 126 valence electrons. The van der Waals surface area contributed by atoms with Crippen LogP contribution in [0.3, 0.4) is 0 Å². The van der Waals surface area contributed by atoms with Gasteiger partial charge < -0.3 is 9.47 Å². The molecule has 3 heteroatoms. The number of hydrogen-bond acceptors (Lipinski definition) is 3. The van der Waals surface area contributed by atoms with E-state index in [-0.39, 0.29) is 0 Å². The lowest BCUT2D eigenvalue weighted by Gasteiger charge is -2.25. The summed E-state index contributed by atoms with van der Waals surface area (Å²) in [6.45, 7) is 5.83. The van der Waals surface area contributed by atoms with Crippen molar-refractivity contribution in [2.45, 2.75) is 38.8 Å². The van der Waals surface area contributed by atoms with Gasteiger partial charge in [0, 0.05) is 19.0 Å². The van der Waals surface area contributed by atoms with Gasteiger partial charge in [-0.1, -0.05) is 35.9 Å². The average Bonchev–Trinajstić information content (AvgIpc) is 2.90. The van der Waals surface area contributed by atoms with Gasteiger partial charge in [-0.05, 0) is 49.6 Å². The van der Waals surface area contributed by atoms with Crippen molar-refractivity contribution >= 4 is 0 Å². The van der Waals surface area contributed by atoms with Crippen molar-refractivity contribution < 1.29 is 9.47 Å². The van der Waals surface area contributed by atoms with Gasteiger partial charge in [0.05, 0.1) is 13.2 Å². The predicted octanol–water partition coefficient (Wildman–Crippen LogP) is 4.49. The molecule has 1 atom stereocenters. The predicted molar refractivity (Wildman–Crippen MR) is 95.6 cm³/mol. The maximum atomic E-state index is 5.87. The van der Waals surface area contributed by atoms with E-state index in [0.29, 0.717) is 6.04 Å². The second kappa shape index (κ2) is 6.86. The molecule has 0 bridgehead atoms. The van der Waals surface area contributed by atoms with Crippen LogP contribution in [0.5, 0.6) is 11.5 Å². The molecule has 0 saturated carbocycles. The number of fused-ring (bicyclic) bond motifs is 1. The fraction of sp³-hybridized carbons (Fsp3) is 0.429. The molecule has 1 saturated heterocycles. The molecule has 2 heterocycles. The Labute approximate surface area is 144 Å². The molecule has 0 amide bonds. The molecule has 2 aliphatic heterocycles. The molecule has 0 radical (unpaired) electrons. The van der Waals surface area contributed by atoms with Crippen molar-refractivity contribution in [3.05, 3.63) is 59.2 Å². The average molecular weight is 323 g/mol. The van der Waals surface area contributed by atoms with E-state index in [2.05, 4.69) is 54.3 Å². The van der Waals surface area contributed by atoms with Gasteiger partial charge in [-0.25, -0.2) is 0 Å². The number of nitrogens with zero attached hydrogens (tertiary/aromatic N) is 1. The third kappa shape index (κ3) is 3.27. The highest BCUT2D eigenvalue weighted by Crippen LogP contribution is 2.38. The normalized spacial score (nSPS) is 20.8. The van der Waals surface area contributed by atoms with E-state index in [0.717, 1.165) is 44.2 Å². The van der Waals surface area contributed by atoms with Crippen LogP contribution in [0, 0.1) is 6.92 Å². The second-order valence-corrected chi connectivity index (χ2v) is 6.87. The summed E-state index contributed by atoms with van der Waals surface area (Å²) < 4.78 is 11.6. The number of benzene rings is 2. The molecule has 3 nitrogen and oxygen atoms in total. The van der Waals surface area contributed by atoms with E-state index in [1.165, 1.54) is 29.5 Å². The molecule has 0 N–H and O–H groups in total. The van der Waals surface area contributed by atoms with Crippen LogP contribution >= 0.6 is 0 Å². The summed E-state index contributed by atoms with van der Waals surface area (Å²) in [4.78, 5) is 2.59. The van der Waals surface area contributed by atoms with Gasteiger partial charge in [-0.15, -0.1) is 0 Å². The lowest BCUT2D eigenvalue weighted by atomic mass is 10.0. The van der Waals surface area contributed by atoms with Gasteiger partial charge in [0.15, 0.2) is 11.5 Å². The Morgan fingerprint density at radius 2 is 1.88 bits per heavy atom. The van der Waals surface area contributed by atoms with Gasteiger partial charge in [-0.2, -0.15) is 0 Å². The zero-order valence-corrected chi connectivity index (χ0v) is 14.3. The lowest BCUT2D eigenvalue weighted by Crippen LogP contribution is -2.22. The summed E-state index contributed by atoms with van der Waals surface area (Å²) in [5.41, 5.74) is 4.08. The summed E-state index contributed by atoms with van der Waals surface area (Å²) >= 11 is 0. The first-order valence-electron chi connectivity index (χ1n) is 8.99. The first-order valence-corrected chi connectivity index (χ1v) is 8.99. The topological polar surface area (TPSA) is 21.7 Å². The summed E-state index contributed by atoms with van der Waals surface area (Å²) in [5.74, 6) is 1.80. The van der Waals surface area contributed by atoms with Crippen LogP contribution in [0.2, 0.25) is 0 Å². The highest BCUT2D eigenvalue weighted by Gasteiger charge is 2.27. The quantitative estimate of drug-likeness (QED) is 0.830. The Morgan fingerprint density at radius 3 is 2.75 bits per heavy atom. The Morgan fingerprint density at radius 1 is 1.00 bits per heavy atom. The first-order chi connectivity index (χ1) is 11.8. The third-order valence-electron chi connectivity index (χ3n) is 4.99. The van der Waals surface area contributed by atoms with Crippen LogP contribution in [0.4, 0.5) is 0 Å². The fourth-order valence-corrected chi connectivity index (χ4v) is 3.83. The van der Waals surface area contributed by atoms with Crippen molar-refractivity contribution in [3.63, 3.8) is 0 Å². The minimum absolute atomic E-state index is 0.475. The maximum absolute atomic E-state index is 5.87. The van der Waals surface area contributed by atoms with Crippen molar-refractivity contribution in [3.8, 4) is 11.5 Å². The zero-order valence-electron chi connectivity index (χ0n) is 14.3. The van der Waals surface area contributed by atoms with Gasteiger partial charge in [0.1, 0.15) is 0 Å². The largest absolute Gasteiger partial charge is 0.490 e. The van der Waals surface area contributed by atoms with Crippen molar-refractivity contribution in [2.24, 2.45) is 0 Å². The number of hydrogen-bond donors (Lipinski definition) is 0. The first kappa shape index (κ1) is 15.5. The molecule has 2 aromatic rings. The van der Waals surface area contributed by atoms with Gasteiger partial charge >= 0.3 is 0 Å². The van der Waals surface area contributed by atoms with Gasteiger partial charge in [0.25, 0.3) is 0 Å². The zero-order chi connectivity index (χ0) is 16.4. The molecule has 0 unspecified atom stereocenters. The SMILES string of the molecule is Cc1cccc(CN2CCC[C@@H]2c2ccc3c(c2)OCCCO3)c1. The lowest BCUT2D eigenvalue weighted by molar-refractivity contribution is 0.247. The highest BCUT2D eigenvalue weighted by molar-refractivity contribution is 5.44. The molecular weight excluding hydrogens is 298 g/mol. The van der Waals surface area contributed by atoms with Crippen LogP contribution in [0.25, 0.3) is 0 Å². The standard InChI is InChI=1S/C21H25NO2/c1-16-5-2-6-17(13-16)15-22-10-3-7-19(22)18-8-9-20-21(14-18)24-12-4-11-23-20/h2,5-6,8-9,13-14,19H,3-4,7,10-12,15H2,1H3/t19-/m1/s1. The molecule has 0 aliphatic carbocycles. The Bertz CT molecular complexity index is 713. The number of aryl methyl sites for hydroxylation is 1. The summed E-state index contributed by atoms with van der Waals surface area (Å²) in [6.07, 6.45) is 3.42. The van der Waals surface area contributed by atoms with Crippen molar-refractivity contribution in [2.75, 3.05) is 19.8 Å². The molecule has 2 aromatic carbocycles. The highest BCUT2D eigenvalue weighted by atomic mass is 16.5. The number of ether oxygens (including phenoxy) is 2. The van der Waals surface area contributed by atoms with E-state index in [9.17, 15) is 0 Å². The maximum Gasteiger partial charge on any atom is 0.161 e. The molecular formula is C21H25NO2. The Hall–Kier alpha value is -2.00. The van der Waals surface area contributed by atoms with E-state index in [1.807, 2.05) is 0 Å². The van der Waals surface area contributed by atoms with Crippen molar-refractivity contribution in [1.82, 2.24) is 4.90 Å². The van der Waals surface area contributed by atoms with Crippen molar-refractivity contribution in [1.29, 1.82) is 0 Å². The van der Waals surface area contributed by atoms with Gasteiger partial charge in [0.2, 0.25) is 0 Å². The van der Waals surface area contributed by atoms with Crippen LogP contribution < -0.4 is 9.47 Å². The van der Waals surface area contributed by atoms with Crippen LogP contribution in [-0.4, -0.2) is 24.7 Å². The van der Waals surface area contributed by atoms with E-state index < -0.39 is 0 Å². The number of rotatable bonds is 3. The molecule has 0 aromatic heterocycles. The smallest absolute Gasteiger partial charge is 0.161 e. The summed E-state index contributed by atoms with van der Waals surface area (Å²) in [6, 6.07) is 15.8. The summed E-state index contributed by atoms with van der Waals surface area (Å²) in [5, 5.41) is 0. The van der Waals surface area contributed by atoms with E-state index in [1.54, 1.807) is 0 Å². The molecule has 4 rings (SSSR count). The molecule has 1 fully saturated rings. The molecule has 0 spiro atoms. The Kier molecular flexibility index (Phi) is 4.44. The van der Waals surface area contributed by atoms with Crippen LogP contribution in [0.15, 0.2) is 42.5 Å². The van der Waals surface area contributed by atoms with E-state index >= 15 is 0 Å². The molecule has 24 heavy (non-hydrogen) atoms. The fourth-order valence-electron chi connectivity index (χ4n) is 3.83. The van der Waals surface area contributed by atoms with E-state index in [4.69, 9.17) is 9.47 Å². The van der Waals surface area contributed by atoms with Gasteiger partial charge in [-0.3, -0.25) is 4.90 Å². The minimum Gasteiger partial charge on any atom is -0.490 e. The minimum atomic E-state index is 0.475. The number of likely N-dealkylation sites (tertiary alicyclic amines) is 1. The Balaban J connectivity index is 1.55. The van der Waals surface area contributed by atoms with Crippen LogP contribution in [-0.2, 0) is 6.54 Å². The monoisotopic (exact) mass is 323 g/mol.